The van der Waals surface area contributed by atoms with Crippen molar-refractivity contribution in [1.82, 2.24) is 9.97 Å². The lowest BCUT2D eigenvalue weighted by atomic mass is 10.2. The highest BCUT2D eigenvalue weighted by Gasteiger charge is 2.11. The molecule has 8 heteroatoms. The Labute approximate surface area is 153 Å². The van der Waals surface area contributed by atoms with Gasteiger partial charge in [0.15, 0.2) is 0 Å². The zero-order valence-electron chi connectivity index (χ0n) is 13.3. The minimum absolute atomic E-state index is 0.0940. The molecule has 3 rings (SSSR count). The monoisotopic (exact) mass is 374 g/mol. The third-order valence-corrected chi connectivity index (χ3v) is 3.75. The summed E-state index contributed by atoms with van der Waals surface area (Å²) >= 11 is 5.69. The lowest BCUT2D eigenvalue weighted by molar-refractivity contribution is 0.102. The van der Waals surface area contributed by atoms with Crippen LogP contribution in [0.2, 0.25) is 5.02 Å². The SMILES string of the molecule is O=C(Nc1ccc(F)c(Cl)c1)c1ccnc(NCc2ccccc2F)n1. The van der Waals surface area contributed by atoms with E-state index in [-0.39, 0.29) is 29.0 Å². The Balaban J connectivity index is 1.69. The van der Waals surface area contributed by atoms with Gasteiger partial charge in [-0.25, -0.2) is 18.7 Å². The van der Waals surface area contributed by atoms with Gasteiger partial charge in [-0.2, -0.15) is 0 Å². The molecule has 0 saturated carbocycles. The molecule has 0 fully saturated rings. The van der Waals surface area contributed by atoms with Crippen LogP contribution < -0.4 is 10.6 Å². The zero-order chi connectivity index (χ0) is 18.5. The molecule has 0 unspecified atom stereocenters. The van der Waals surface area contributed by atoms with Gasteiger partial charge in [-0.15, -0.1) is 0 Å². The first-order valence-electron chi connectivity index (χ1n) is 7.59. The van der Waals surface area contributed by atoms with Crippen LogP contribution in [0.25, 0.3) is 0 Å². The highest BCUT2D eigenvalue weighted by atomic mass is 35.5. The van der Waals surface area contributed by atoms with Crippen molar-refractivity contribution in [3.63, 3.8) is 0 Å². The van der Waals surface area contributed by atoms with Crippen molar-refractivity contribution in [2.45, 2.75) is 6.54 Å². The van der Waals surface area contributed by atoms with Crippen LogP contribution in [0.5, 0.6) is 0 Å². The molecule has 2 aromatic carbocycles. The number of nitrogens with one attached hydrogen (secondary N) is 2. The van der Waals surface area contributed by atoms with Gasteiger partial charge in [0.1, 0.15) is 17.3 Å². The van der Waals surface area contributed by atoms with Gasteiger partial charge >= 0.3 is 0 Å². The van der Waals surface area contributed by atoms with Crippen molar-refractivity contribution in [1.29, 1.82) is 0 Å². The largest absolute Gasteiger partial charge is 0.350 e. The predicted molar refractivity (Wildman–Crippen MR) is 95.1 cm³/mol. The Morgan fingerprint density at radius 2 is 1.88 bits per heavy atom. The summed E-state index contributed by atoms with van der Waals surface area (Å²) in [6, 6.07) is 11.6. The van der Waals surface area contributed by atoms with Crippen molar-refractivity contribution in [2.24, 2.45) is 0 Å². The summed E-state index contributed by atoms with van der Waals surface area (Å²) in [5.41, 5.74) is 0.879. The Hall–Kier alpha value is -3.06. The van der Waals surface area contributed by atoms with Gasteiger partial charge in [0.2, 0.25) is 5.95 Å². The number of carbonyl (C=O) groups excluding carboxylic acids is 1. The first kappa shape index (κ1) is 17.8. The molecule has 26 heavy (non-hydrogen) atoms. The van der Waals surface area contributed by atoms with Crippen LogP contribution in [0.3, 0.4) is 0 Å². The molecule has 3 aromatic rings. The summed E-state index contributed by atoms with van der Waals surface area (Å²) in [5, 5.41) is 5.33. The maximum absolute atomic E-state index is 13.6. The molecular formula is C18H13ClF2N4O. The first-order valence-corrected chi connectivity index (χ1v) is 7.97. The van der Waals surface area contributed by atoms with Gasteiger partial charge in [-0.3, -0.25) is 4.79 Å². The molecule has 0 aliphatic heterocycles. The van der Waals surface area contributed by atoms with E-state index in [4.69, 9.17) is 11.6 Å². The fourth-order valence-electron chi connectivity index (χ4n) is 2.16. The first-order chi connectivity index (χ1) is 12.5. The number of rotatable bonds is 5. The van der Waals surface area contributed by atoms with E-state index < -0.39 is 11.7 Å². The number of amides is 1. The van der Waals surface area contributed by atoms with Crippen molar-refractivity contribution in [2.75, 3.05) is 10.6 Å². The van der Waals surface area contributed by atoms with Gasteiger partial charge in [0.25, 0.3) is 5.91 Å². The summed E-state index contributed by atoms with van der Waals surface area (Å²) in [4.78, 5) is 20.4. The quantitative estimate of drug-likeness (QED) is 0.699. The third kappa shape index (κ3) is 4.31. The fraction of sp³-hybridized carbons (Fsp3) is 0.0556. The molecule has 1 aromatic heterocycles. The molecule has 0 bridgehead atoms. The van der Waals surface area contributed by atoms with Gasteiger partial charge in [-0.1, -0.05) is 29.8 Å². The van der Waals surface area contributed by atoms with Crippen molar-refractivity contribution < 1.29 is 13.6 Å². The molecule has 132 valence electrons. The Kier molecular flexibility index (Phi) is 5.38. The Morgan fingerprint density at radius 3 is 2.65 bits per heavy atom. The van der Waals surface area contributed by atoms with Gasteiger partial charge in [0, 0.05) is 24.0 Å². The molecule has 0 aliphatic rings. The average Bonchev–Trinajstić information content (AvgIpc) is 2.64. The van der Waals surface area contributed by atoms with Crippen molar-refractivity contribution in [3.8, 4) is 0 Å². The van der Waals surface area contributed by atoms with Crippen molar-refractivity contribution in [3.05, 3.63) is 82.6 Å². The normalized spacial score (nSPS) is 10.4. The van der Waals surface area contributed by atoms with Gasteiger partial charge < -0.3 is 10.6 Å². The predicted octanol–water partition coefficient (Wildman–Crippen LogP) is 4.27. The van der Waals surface area contributed by atoms with Crippen LogP contribution in [0.1, 0.15) is 16.1 Å². The van der Waals surface area contributed by atoms with Crippen LogP contribution >= 0.6 is 11.6 Å². The van der Waals surface area contributed by atoms with E-state index in [0.29, 0.717) is 11.3 Å². The number of hydrogen-bond acceptors (Lipinski definition) is 4. The molecule has 2 N–H and O–H groups in total. The summed E-state index contributed by atoms with van der Waals surface area (Å²) in [6.07, 6.45) is 1.41. The van der Waals surface area contributed by atoms with E-state index in [1.54, 1.807) is 18.2 Å². The fourth-order valence-corrected chi connectivity index (χ4v) is 2.34. The molecule has 5 nitrogen and oxygen atoms in total. The van der Waals surface area contributed by atoms with Crippen LogP contribution in [-0.2, 0) is 6.54 Å². The average molecular weight is 375 g/mol. The van der Waals surface area contributed by atoms with Crippen molar-refractivity contribution >= 4 is 29.1 Å². The highest BCUT2D eigenvalue weighted by molar-refractivity contribution is 6.31. The number of benzene rings is 2. The molecule has 1 heterocycles. The van der Waals surface area contributed by atoms with E-state index in [1.165, 1.54) is 30.5 Å². The molecule has 1 amide bonds. The standard InChI is InChI=1S/C18H13ClF2N4O/c19-13-9-12(5-6-15(13)21)24-17(26)16-7-8-22-18(25-16)23-10-11-3-1-2-4-14(11)20/h1-9H,10H2,(H,24,26)(H,22,23,25). The number of hydrogen-bond donors (Lipinski definition) is 2. The van der Waals surface area contributed by atoms with E-state index >= 15 is 0 Å². The van der Waals surface area contributed by atoms with Crippen LogP contribution in [0, 0.1) is 11.6 Å². The minimum atomic E-state index is -0.577. The lowest BCUT2D eigenvalue weighted by Crippen LogP contribution is -2.15. The second kappa shape index (κ2) is 7.88. The number of anilines is 2. The second-order valence-corrected chi connectivity index (χ2v) is 5.70. The van der Waals surface area contributed by atoms with E-state index in [1.807, 2.05) is 0 Å². The maximum Gasteiger partial charge on any atom is 0.274 e. The summed E-state index contributed by atoms with van der Waals surface area (Å²) < 4.78 is 26.8. The molecular weight excluding hydrogens is 362 g/mol. The van der Waals surface area contributed by atoms with Crippen LogP contribution in [-0.4, -0.2) is 15.9 Å². The smallest absolute Gasteiger partial charge is 0.274 e. The van der Waals surface area contributed by atoms with E-state index in [0.717, 1.165) is 6.07 Å². The van der Waals surface area contributed by atoms with E-state index in [2.05, 4.69) is 20.6 Å². The number of nitrogens with zero attached hydrogens (tertiary/aromatic N) is 2. The summed E-state index contributed by atoms with van der Waals surface area (Å²) in [7, 11) is 0. The second-order valence-electron chi connectivity index (χ2n) is 5.29. The zero-order valence-corrected chi connectivity index (χ0v) is 14.1. The lowest BCUT2D eigenvalue weighted by Gasteiger charge is -2.08. The topological polar surface area (TPSA) is 66.9 Å². The molecule has 0 radical (unpaired) electrons. The Bertz CT molecular complexity index is 952. The van der Waals surface area contributed by atoms with Gasteiger partial charge in [-0.05, 0) is 30.3 Å². The van der Waals surface area contributed by atoms with Crippen LogP contribution in [0.4, 0.5) is 20.4 Å². The molecule has 0 atom stereocenters. The van der Waals surface area contributed by atoms with Crippen LogP contribution in [0.15, 0.2) is 54.7 Å². The Morgan fingerprint density at radius 1 is 1.08 bits per heavy atom. The molecule has 0 saturated heterocycles. The van der Waals surface area contributed by atoms with E-state index in [9.17, 15) is 13.6 Å². The number of aromatic nitrogens is 2. The molecule has 0 aliphatic carbocycles. The number of carbonyl (C=O) groups is 1. The summed E-state index contributed by atoms with van der Waals surface area (Å²) in [5.74, 6) is -1.25. The number of halogens is 3. The minimum Gasteiger partial charge on any atom is -0.350 e. The maximum atomic E-state index is 13.6. The van der Waals surface area contributed by atoms with Gasteiger partial charge in [0.05, 0.1) is 5.02 Å². The third-order valence-electron chi connectivity index (χ3n) is 3.46. The molecule has 0 spiro atoms. The highest BCUT2D eigenvalue weighted by Crippen LogP contribution is 2.19. The summed E-state index contributed by atoms with van der Waals surface area (Å²) in [6.45, 7) is 0.172.